The summed E-state index contributed by atoms with van der Waals surface area (Å²) in [6.07, 6.45) is 0. The van der Waals surface area contributed by atoms with Gasteiger partial charge in [-0.25, -0.2) is 8.42 Å². The van der Waals surface area contributed by atoms with Gasteiger partial charge in [0, 0.05) is 22.8 Å². The lowest BCUT2D eigenvalue weighted by molar-refractivity contribution is 0.582. The Labute approximate surface area is 116 Å². The highest BCUT2D eigenvalue weighted by Gasteiger charge is 2.23. The zero-order valence-electron chi connectivity index (χ0n) is 10.9. The summed E-state index contributed by atoms with van der Waals surface area (Å²) < 4.78 is 24.4. The van der Waals surface area contributed by atoms with Crippen LogP contribution in [0.3, 0.4) is 0 Å². The average Bonchev–Trinajstić information content (AvgIpc) is 2.76. The van der Waals surface area contributed by atoms with Gasteiger partial charge in [-0.2, -0.15) is 0 Å². The van der Waals surface area contributed by atoms with Gasteiger partial charge in [0.1, 0.15) is 0 Å². The molecule has 5 nitrogen and oxygen atoms in total. The summed E-state index contributed by atoms with van der Waals surface area (Å²) in [4.78, 5) is 0. The number of aromatic nitrogens is 3. The Morgan fingerprint density at radius 2 is 1.95 bits per heavy atom. The zero-order chi connectivity index (χ0) is 14.2. The molecule has 1 aromatic heterocycles. The number of benzene rings is 1. The van der Waals surface area contributed by atoms with Gasteiger partial charge in [-0.3, -0.25) is 4.57 Å². The van der Waals surface area contributed by atoms with Crippen LogP contribution in [0.2, 0.25) is 0 Å². The maximum Gasteiger partial charge on any atom is 0.296 e. The molecule has 1 aromatic carbocycles. The first-order valence-corrected chi connectivity index (χ1v) is 8.11. The van der Waals surface area contributed by atoms with E-state index in [2.05, 4.69) is 10.2 Å². The van der Waals surface area contributed by atoms with Crippen LogP contribution in [0.25, 0.3) is 11.4 Å². The second-order valence-corrected chi connectivity index (χ2v) is 6.70. The number of hydrogen-bond donors (Lipinski definition) is 0. The van der Waals surface area contributed by atoms with Crippen molar-refractivity contribution in [3.8, 4) is 11.4 Å². The second kappa shape index (κ2) is 4.94. The molecule has 0 saturated carbocycles. The van der Waals surface area contributed by atoms with Crippen LogP contribution in [0, 0.1) is 13.8 Å². The number of nitrogens with zero attached hydrogens (tertiary/aromatic N) is 3. The van der Waals surface area contributed by atoms with E-state index in [0.717, 1.165) is 16.7 Å². The first-order chi connectivity index (χ1) is 8.86. The smallest absolute Gasteiger partial charge is 0.296 e. The molecule has 102 valence electrons. The van der Waals surface area contributed by atoms with Crippen LogP contribution in [0.5, 0.6) is 0 Å². The molecular formula is C12H14ClN3O2S. The molecule has 2 aromatic rings. The molecule has 0 aliphatic carbocycles. The van der Waals surface area contributed by atoms with Crippen molar-refractivity contribution >= 4 is 19.7 Å². The number of aryl methyl sites for hydroxylation is 1. The van der Waals surface area contributed by atoms with E-state index in [-0.39, 0.29) is 5.16 Å². The first-order valence-electron chi connectivity index (χ1n) is 5.80. The Morgan fingerprint density at radius 3 is 2.53 bits per heavy atom. The van der Waals surface area contributed by atoms with Crippen molar-refractivity contribution in [1.82, 2.24) is 14.8 Å². The van der Waals surface area contributed by atoms with E-state index in [1.807, 2.05) is 39.0 Å². The van der Waals surface area contributed by atoms with Crippen molar-refractivity contribution in [3.05, 3.63) is 29.3 Å². The van der Waals surface area contributed by atoms with Gasteiger partial charge in [0.15, 0.2) is 5.82 Å². The predicted octanol–water partition coefficient (Wildman–Crippen LogP) is 2.51. The minimum atomic E-state index is -3.89. The molecule has 0 radical (unpaired) electrons. The SMILES string of the molecule is CCn1c(-c2cccc(C)c2C)nnc1S(=O)(=O)Cl. The second-order valence-electron chi connectivity index (χ2n) is 4.24. The third-order valence-corrected chi connectivity index (χ3v) is 4.25. The Balaban J connectivity index is 2.71. The summed E-state index contributed by atoms with van der Waals surface area (Å²) in [5.41, 5.74) is 3.02. The summed E-state index contributed by atoms with van der Waals surface area (Å²) >= 11 is 0. The lowest BCUT2D eigenvalue weighted by atomic mass is 10.0. The fraction of sp³-hybridized carbons (Fsp3) is 0.333. The van der Waals surface area contributed by atoms with E-state index in [1.165, 1.54) is 4.57 Å². The van der Waals surface area contributed by atoms with Gasteiger partial charge in [0.25, 0.3) is 14.2 Å². The largest absolute Gasteiger partial charge is 0.297 e. The van der Waals surface area contributed by atoms with Gasteiger partial charge >= 0.3 is 0 Å². The van der Waals surface area contributed by atoms with Crippen LogP contribution in [0.15, 0.2) is 23.4 Å². The molecule has 0 atom stereocenters. The van der Waals surface area contributed by atoms with Crippen molar-refractivity contribution < 1.29 is 8.42 Å². The molecule has 0 N–H and O–H groups in total. The van der Waals surface area contributed by atoms with Gasteiger partial charge in [-0.1, -0.05) is 18.2 Å². The van der Waals surface area contributed by atoms with Crippen molar-refractivity contribution in [2.24, 2.45) is 0 Å². The minimum Gasteiger partial charge on any atom is -0.297 e. The van der Waals surface area contributed by atoms with Crippen molar-refractivity contribution in [2.45, 2.75) is 32.5 Å². The number of rotatable bonds is 3. The predicted molar refractivity (Wildman–Crippen MR) is 73.6 cm³/mol. The maximum absolute atomic E-state index is 11.5. The standard InChI is InChI=1S/C12H14ClN3O2S/c1-4-16-11(14-15-12(16)19(13,17)18)10-7-5-6-8(2)9(10)3/h5-7H,4H2,1-3H3. The molecule has 0 bridgehead atoms. The van der Waals surface area contributed by atoms with Gasteiger partial charge in [0.05, 0.1) is 0 Å². The number of halogens is 1. The zero-order valence-corrected chi connectivity index (χ0v) is 12.5. The van der Waals surface area contributed by atoms with Crippen molar-refractivity contribution in [3.63, 3.8) is 0 Å². The van der Waals surface area contributed by atoms with E-state index >= 15 is 0 Å². The van der Waals surface area contributed by atoms with Crippen LogP contribution >= 0.6 is 10.7 Å². The Bertz CT molecular complexity index is 723. The summed E-state index contributed by atoms with van der Waals surface area (Å²) in [5, 5.41) is 7.46. The monoisotopic (exact) mass is 299 g/mol. The normalized spacial score (nSPS) is 11.8. The third-order valence-electron chi connectivity index (χ3n) is 3.10. The van der Waals surface area contributed by atoms with E-state index in [1.54, 1.807) is 0 Å². The quantitative estimate of drug-likeness (QED) is 0.817. The fourth-order valence-corrected chi connectivity index (χ4v) is 2.91. The minimum absolute atomic E-state index is 0.215. The highest BCUT2D eigenvalue weighted by Crippen LogP contribution is 2.26. The molecule has 1 heterocycles. The van der Waals surface area contributed by atoms with E-state index in [9.17, 15) is 8.42 Å². The Kier molecular flexibility index (Phi) is 3.64. The molecule has 2 rings (SSSR count). The number of hydrogen-bond acceptors (Lipinski definition) is 4. The topological polar surface area (TPSA) is 64.8 Å². The van der Waals surface area contributed by atoms with Crippen LogP contribution in [0.4, 0.5) is 0 Å². The Hall–Kier alpha value is -1.40. The molecule has 0 spiro atoms. The van der Waals surface area contributed by atoms with Crippen molar-refractivity contribution in [1.29, 1.82) is 0 Å². The molecule has 0 unspecified atom stereocenters. The van der Waals surface area contributed by atoms with Crippen LogP contribution in [-0.2, 0) is 15.6 Å². The van der Waals surface area contributed by atoms with Gasteiger partial charge in [-0.05, 0) is 31.9 Å². The summed E-state index contributed by atoms with van der Waals surface area (Å²) in [7, 11) is 1.47. The molecule has 0 aliphatic heterocycles. The molecule has 19 heavy (non-hydrogen) atoms. The van der Waals surface area contributed by atoms with E-state index in [0.29, 0.717) is 12.4 Å². The van der Waals surface area contributed by atoms with Gasteiger partial charge < -0.3 is 0 Å². The highest BCUT2D eigenvalue weighted by molar-refractivity contribution is 8.13. The molecular weight excluding hydrogens is 286 g/mol. The van der Waals surface area contributed by atoms with Crippen LogP contribution < -0.4 is 0 Å². The molecule has 0 saturated heterocycles. The van der Waals surface area contributed by atoms with Gasteiger partial charge in [-0.15, -0.1) is 10.2 Å². The third kappa shape index (κ3) is 2.50. The van der Waals surface area contributed by atoms with E-state index in [4.69, 9.17) is 10.7 Å². The molecule has 0 aliphatic rings. The first kappa shape index (κ1) is 14.0. The molecule has 7 heteroatoms. The lowest BCUT2D eigenvalue weighted by Crippen LogP contribution is -2.06. The Morgan fingerprint density at radius 1 is 1.26 bits per heavy atom. The average molecular weight is 300 g/mol. The maximum atomic E-state index is 11.5. The summed E-state index contributed by atoms with van der Waals surface area (Å²) in [5.74, 6) is 0.517. The van der Waals surface area contributed by atoms with Crippen LogP contribution in [-0.4, -0.2) is 23.2 Å². The molecule has 0 amide bonds. The van der Waals surface area contributed by atoms with E-state index < -0.39 is 9.05 Å². The lowest BCUT2D eigenvalue weighted by Gasteiger charge is -2.09. The summed E-state index contributed by atoms with van der Waals surface area (Å²) in [6, 6.07) is 5.79. The van der Waals surface area contributed by atoms with Gasteiger partial charge in [0.2, 0.25) is 0 Å². The molecule has 0 fully saturated rings. The highest BCUT2D eigenvalue weighted by atomic mass is 35.7. The van der Waals surface area contributed by atoms with Crippen LogP contribution in [0.1, 0.15) is 18.1 Å². The van der Waals surface area contributed by atoms with Crippen molar-refractivity contribution in [2.75, 3.05) is 0 Å². The summed E-state index contributed by atoms with van der Waals surface area (Å²) in [6.45, 7) is 6.21. The fourth-order valence-electron chi connectivity index (χ4n) is 1.95.